The lowest BCUT2D eigenvalue weighted by atomic mass is 10.1. The van der Waals surface area contributed by atoms with Gasteiger partial charge in [-0.05, 0) is 23.6 Å². The number of halogens is 1. The first-order chi connectivity index (χ1) is 7.69. The molecule has 0 fully saturated rings. The van der Waals surface area contributed by atoms with Crippen LogP contribution in [0.4, 0.5) is 0 Å². The average molecular weight is 236 g/mol. The highest BCUT2D eigenvalue weighted by Crippen LogP contribution is 2.13. The van der Waals surface area contributed by atoms with Gasteiger partial charge in [0.15, 0.2) is 0 Å². The van der Waals surface area contributed by atoms with Crippen LogP contribution in [-0.2, 0) is 13.1 Å². The second kappa shape index (κ2) is 4.68. The molecule has 0 aliphatic rings. The van der Waals surface area contributed by atoms with Crippen molar-refractivity contribution >= 4 is 11.6 Å². The number of aromatic nitrogens is 2. The fourth-order valence-electron chi connectivity index (χ4n) is 1.66. The van der Waals surface area contributed by atoms with E-state index in [0.29, 0.717) is 11.6 Å². The highest BCUT2D eigenvalue weighted by molar-refractivity contribution is 6.30. The van der Waals surface area contributed by atoms with Crippen LogP contribution in [0.1, 0.15) is 16.7 Å². The zero-order chi connectivity index (χ0) is 11.5. The quantitative estimate of drug-likeness (QED) is 0.888. The number of hydrogen-bond acceptors (Lipinski definition) is 2. The van der Waals surface area contributed by atoms with Gasteiger partial charge in [0, 0.05) is 12.7 Å². The molecule has 0 amide bonds. The molecule has 0 radical (unpaired) electrons. The molecule has 0 saturated carbocycles. The average Bonchev–Trinajstić information content (AvgIpc) is 2.67. The fourth-order valence-corrected chi connectivity index (χ4v) is 1.82. The molecule has 0 saturated heterocycles. The number of hydrogen-bond donors (Lipinski definition) is 1. The van der Waals surface area contributed by atoms with Crippen LogP contribution in [0.2, 0.25) is 5.02 Å². The normalized spacial score (nSPS) is 10.7. The van der Waals surface area contributed by atoms with Gasteiger partial charge < -0.3 is 5.73 Å². The van der Waals surface area contributed by atoms with Gasteiger partial charge in [-0.2, -0.15) is 5.10 Å². The first-order valence-corrected chi connectivity index (χ1v) is 5.53. The molecule has 1 aromatic heterocycles. The largest absolute Gasteiger partial charge is 0.326 e. The Bertz CT molecular complexity index is 491. The predicted molar refractivity (Wildman–Crippen MR) is 65.4 cm³/mol. The van der Waals surface area contributed by atoms with E-state index in [1.807, 2.05) is 16.9 Å². The molecule has 0 atom stereocenters. The third-order valence-electron chi connectivity index (χ3n) is 2.58. The van der Waals surface area contributed by atoms with Crippen molar-refractivity contribution in [2.45, 2.75) is 20.0 Å². The first kappa shape index (κ1) is 11.2. The number of aryl methyl sites for hydroxylation is 1. The van der Waals surface area contributed by atoms with E-state index in [9.17, 15) is 0 Å². The zero-order valence-electron chi connectivity index (χ0n) is 9.15. The van der Waals surface area contributed by atoms with Gasteiger partial charge in [0.05, 0.1) is 17.8 Å². The van der Waals surface area contributed by atoms with E-state index in [0.717, 1.165) is 12.1 Å². The molecule has 2 rings (SSSR count). The minimum Gasteiger partial charge on any atom is -0.326 e. The van der Waals surface area contributed by atoms with Gasteiger partial charge >= 0.3 is 0 Å². The van der Waals surface area contributed by atoms with Crippen LogP contribution >= 0.6 is 11.6 Å². The van der Waals surface area contributed by atoms with E-state index in [2.05, 4.69) is 24.2 Å². The van der Waals surface area contributed by atoms with Crippen LogP contribution < -0.4 is 5.73 Å². The van der Waals surface area contributed by atoms with Gasteiger partial charge in [-0.25, -0.2) is 0 Å². The number of rotatable bonds is 3. The van der Waals surface area contributed by atoms with Crippen LogP contribution in [0.5, 0.6) is 0 Å². The molecule has 84 valence electrons. The summed E-state index contributed by atoms with van der Waals surface area (Å²) in [6, 6.07) is 6.25. The third kappa shape index (κ3) is 2.43. The standard InChI is InChI=1S/C12H14ClN3/c1-9-4-10(5-14)2-3-11(9)7-16-8-12(13)6-15-16/h2-4,6,8H,5,7,14H2,1H3. The fraction of sp³-hybridized carbons (Fsp3) is 0.250. The van der Waals surface area contributed by atoms with E-state index in [4.69, 9.17) is 17.3 Å². The van der Waals surface area contributed by atoms with E-state index in [1.54, 1.807) is 6.20 Å². The van der Waals surface area contributed by atoms with Crippen LogP contribution in [0.25, 0.3) is 0 Å². The van der Waals surface area contributed by atoms with Crippen molar-refractivity contribution in [3.63, 3.8) is 0 Å². The molecule has 0 bridgehead atoms. The van der Waals surface area contributed by atoms with Gasteiger partial charge in [-0.3, -0.25) is 4.68 Å². The third-order valence-corrected chi connectivity index (χ3v) is 2.77. The highest BCUT2D eigenvalue weighted by atomic mass is 35.5. The summed E-state index contributed by atoms with van der Waals surface area (Å²) >= 11 is 5.81. The minimum absolute atomic E-state index is 0.578. The van der Waals surface area contributed by atoms with Gasteiger partial charge in [-0.1, -0.05) is 29.8 Å². The maximum Gasteiger partial charge on any atom is 0.0785 e. The van der Waals surface area contributed by atoms with Crippen LogP contribution in [-0.4, -0.2) is 9.78 Å². The van der Waals surface area contributed by atoms with Gasteiger partial charge in [-0.15, -0.1) is 0 Å². The van der Waals surface area contributed by atoms with Crippen molar-refractivity contribution < 1.29 is 0 Å². The Morgan fingerprint density at radius 2 is 2.25 bits per heavy atom. The second-order valence-corrected chi connectivity index (χ2v) is 4.26. The summed E-state index contributed by atoms with van der Waals surface area (Å²) in [6.45, 7) is 3.40. The molecule has 16 heavy (non-hydrogen) atoms. The summed E-state index contributed by atoms with van der Waals surface area (Å²) in [5.41, 5.74) is 9.21. The second-order valence-electron chi connectivity index (χ2n) is 3.82. The number of nitrogens with two attached hydrogens (primary N) is 1. The van der Waals surface area contributed by atoms with Crippen molar-refractivity contribution in [1.29, 1.82) is 0 Å². The summed E-state index contributed by atoms with van der Waals surface area (Å²) in [4.78, 5) is 0. The van der Waals surface area contributed by atoms with Crippen molar-refractivity contribution in [3.05, 3.63) is 52.3 Å². The Morgan fingerprint density at radius 1 is 1.44 bits per heavy atom. The molecule has 2 aromatic rings. The summed E-state index contributed by atoms with van der Waals surface area (Å²) in [5.74, 6) is 0. The van der Waals surface area contributed by atoms with Crippen LogP contribution in [0.3, 0.4) is 0 Å². The Kier molecular flexibility index (Phi) is 3.27. The molecule has 0 unspecified atom stereocenters. The molecule has 2 N–H and O–H groups in total. The van der Waals surface area contributed by atoms with Crippen molar-refractivity contribution in [3.8, 4) is 0 Å². The highest BCUT2D eigenvalue weighted by Gasteiger charge is 2.02. The van der Waals surface area contributed by atoms with Gasteiger partial charge in [0.1, 0.15) is 0 Å². The lowest BCUT2D eigenvalue weighted by Gasteiger charge is -2.07. The molecule has 4 heteroatoms. The zero-order valence-corrected chi connectivity index (χ0v) is 9.91. The molecular formula is C12H14ClN3. The summed E-state index contributed by atoms with van der Waals surface area (Å²) < 4.78 is 1.83. The van der Waals surface area contributed by atoms with Crippen molar-refractivity contribution in [1.82, 2.24) is 9.78 Å². The topological polar surface area (TPSA) is 43.8 Å². The monoisotopic (exact) mass is 235 g/mol. The van der Waals surface area contributed by atoms with E-state index in [-0.39, 0.29) is 0 Å². The molecule has 0 aliphatic carbocycles. The van der Waals surface area contributed by atoms with Gasteiger partial charge in [0.25, 0.3) is 0 Å². The summed E-state index contributed by atoms with van der Waals surface area (Å²) in [5, 5.41) is 4.82. The Morgan fingerprint density at radius 3 is 2.81 bits per heavy atom. The summed E-state index contributed by atoms with van der Waals surface area (Å²) in [6.07, 6.45) is 3.46. The molecule has 1 aromatic carbocycles. The minimum atomic E-state index is 0.578. The lowest BCUT2D eigenvalue weighted by molar-refractivity contribution is 0.683. The molecular weight excluding hydrogens is 222 g/mol. The molecule has 3 nitrogen and oxygen atoms in total. The molecule has 0 spiro atoms. The Hall–Kier alpha value is -1.32. The smallest absolute Gasteiger partial charge is 0.0785 e. The number of nitrogens with zero attached hydrogens (tertiary/aromatic N) is 2. The number of benzene rings is 1. The van der Waals surface area contributed by atoms with Crippen LogP contribution in [0, 0.1) is 6.92 Å². The van der Waals surface area contributed by atoms with E-state index in [1.165, 1.54) is 11.1 Å². The van der Waals surface area contributed by atoms with E-state index >= 15 is 0 Å². The summed E-state index contributed by atoms with van der Waals surface area (Å²) in [7, 11) is 0. The molecule has 1 heterocycles. The SMILES string of the molecule is Cc1cc(CN)ccc1Cn1cc(Cl)cn1. The Balaban J connectivity index is 2.21. The predicted octanol–water partition coefficient (Wildman–Crippen LogP) is 2.35. The van der Waals surface area contributed by atoms with E-state index < -0.39 is 0 Å². The maximum absolute atomic E-state index is 5.81. The Labute approximate surface area is 99.8 Å². The van der Waals surface area contributed by atoms with Crippen molar-refractivity contribution in [2.75, 3.05) is 0 Å². The maximum atomic E-state index is 5.81. The van der Waals surface area contributed by atoms with Gasteiger partial charge in [0.2, 0.25) is 0 Å². The lowest BCUT2D eigenvalue weighted by Crippen LogP contribution is -2.03. The van der Waals surface area contributed by atoms with Crippen LogP contribution in [0.15, 0.2) is 30.6 Å². The first-order valence-electron chi connectivity index (χ1n) is 5.15. The molecule has 0 aliphatic heterocycles. The van der Waals surface area contributed by atoms with Crippen molar-refractivity contribution in [2.24, 2.45) is 5.73 Å².